The molecule has 164 valence electrons. The summed E-state index contributed by atoms with van der Waals surface area (Å²) in [4.78, 5) is 15.8. The molecule has 6 heteroatoms. The average molecular weight is 447 g/mol. The van der Waals surface area contributed by atoms with Gasteiger partial charge in [-0.1, -0.05) is 66.2 Å². The van der Waals surface area contributed by atoms with Crippen molar-refractivity contribution < 1.29 is 13.2 Å². The molecule has 32 heavy (non-hydrogen) atoms. The van der Waals surface area contributed by atoms with Crippen LogP contribution >= 0.6 is 0 Å². The molecule has 0 aliphatic carbocycles. The number of fused-ring (bicyclic) bond motifs is 2. The van der Waals surface area contributed by atoms with Crippen molar-refractivity contribution in [2.75, 3.05) is 6.54 Å². The SMILES string of the molecule is Cc1ccc(S(=O)(=O)N2Cc3ccccc3CC2C(=O)N2CCc3ccccc3C2)cc1. The van der Waals surface area contributed by atoms with Gasteiger partial charge in [-0.05, 0) is 54.2 Å². The van der Waals surface area contributed by atoms with Crippen LogP contribution < -0.4 is 0 Å². The number of nitrogens with zero attached hydrogens (tertiary/aromatic N) is 2. The largest absolute Gasteiger partial charge is 0.337 e. The second kappa shape index (κ2) is 8.19. The molecular formula is C26H26N2O3S. The first-order valence-corrected chi connectivity index (χ1v) is 12.4. The van der Waals surface area contributed by atoms with Crippen LogP contribution in [-0.2, 0) is 40.7 Å². The van der Waals surface area contributed by atoms with E-state index in [1.165, 1.54) is 9.87 Å². The number of benzene rings is 3. The first-order valence-electron chi connectivity index (χ1n) is 10.9. The number of hydrogen-bond donors (Lipinski definition) is 0. The molecule has 0 radical (unpaired) electrons. The van der Waals surface area contributed by atoms with Gasteiger partial charge in [0.2, 0.25) is 15.9 Å². The summed E-state index contributed by atoms with van der Waals surface area (Å²) in [5, 5.41) is 0. The minimum absolute atomic E-state index is 0.121. The van der Waals surface area contributed by atoms with E-state index in [9.17, 15) is 13.2 Å². The molecule has 1 unspecified atom stereocenters. The number of carbonyl (C=O) groups excluding carboxylic acids is 1. The van der Waals surface area contributed by atoms with Gasteiger partial charge in [0.1, 0.15) is 6.04 Å². The molecule has 0 bridgehead atoms. The molecule has 0 aromatic heterocycles. The lowest BCUT2D eigenvalue weighted by Crippen LogP contribution is -2.54. The Morgan fingerprint density at radius 2 is 1.41 bits per heavy atom. The van der Waals surface area contributed by atoms with Gasteiger partial charge in [-0.15, -0.1) is 0 Å². The minimum atomic E-state index is -3.83. The Kier molecular flexibility index (Phi) is 5.35. The fourth-order valence-corrected chi connectivity index (χ4v) is 6.26. The molecule has 5 nitrogen and oxygen atoms in total. The third-order valence-corrected chi connectivity index (χ3v) is 8.43. The number of carbonyl (C=O) groups is 1. The topological polar surface area (TPSA) is 57.7 Å². The molecule has 1 amide bonds. The van der Waals surface area contributed by atoms with Crippen LogP contribution in [0.4, 0.5) is 0 Å². The van der Waals surface area contributed by atoms with Crippen LogP contribution in [0.15, 0.2) is 77.7 Å². The van der Waals surface area contributed by atoms with Gasteiger partial charge in [0.15, 0.2) is 0 Å². The standard InChI is InChI=1S/C26H26N2O3S/c1-19-10-12-24(13-11-19)32(30,31)28-18-23-9-5-3-7-21(23)16-25(28)26(29)27-15-14-20-6-2-4-8-22(20)17-27/h2-13,25H,14-18H2,1H3. The van der Waals surface area contributed by atoms with Crippen molar-refractivity contribution in [1.29, 1.82) is 0 Å². The van der Waals surface area contributed by atoms with Crippen molar-refractivity contribution in [3.63, 3.8) is 0 Å². The monoisotopic (exact) mass is 446 g/mol. The third-order valence-electron chi connectivity index (χ3n) is 6.56. The highest BCUT2D eigenvalue weighted by Gasteiger charge is 2.41. The molecule has 3 aromatic carbocycles. The average Bonchev–Trinajstić information content (AvgIpc) is 2.82. The first-order chi connectivity index (χ1) is 15.4. The van der Waals surface area contributed by atoms with Crippen molar-refractivity contribution in [2.24, 2.45) is 0 Å². The predicted octanol–water partition coefficient (Wildman–Crippen LogP) is 3.70. The van der Waals surface area contributed by atoms with E-state index >= 15 is 0 Å². The van der Waals surface area contributed by atoms with E-state index in [1.807, 2.05) is 54.3 Å². The van der Waals surface area contributed by atoms with E-state index in [0.29, 0.717) is 19.5 Å². The summed E-state index contributed by atoms with van der Waals surface area (Å²) < 4.78 is 28.7. The maximum atomic E-state index is 13.7. The molecular weight excluding hydrogens is 420 g/mol. The Morgan fingerprint density at radius 1 is 0.812 bits per heavy atom. The lowest BCUT2D eigenvalue weighted by atomic mass is 9.94. The van der Waals surface area contributed by atoms with Crippen molar-refractivity contribution in [1.82, 2.24) is 9.21 Å². The molecule has 0 saturated carbocycles. The van der Waals surface area contributed by atoms with Crippen LogP contribution in [0.1, 0.15) is 27.8 Å². The third kappa shape index (κ3) is 3.74. The normalized spacial score (nSPS) is 18.7. The minimum Gasteiger partial charge on any atom is -0.337 e. The second-order valence-electron chi connectivity index (χ2n) is 8.63. The highest BCUT2D eigenvalue weighted by atomic mass is 32.2. The summed E-state index contributed by atoms with van der Waals surface area (Å²) in [6, 6.07) is 22.1. The van der Waals surface area contributed by atoms with Crippen LogP contribution in [0.2, 0.25) is 0 Å². The summed E-state index contributed by atoms with van der Waals surface area (Å²) in [6.45, 7) is 3.25. The maximum Gasteiger partial charge on any atom is 0.244 e. The van der Waals surface area contributed by atoms with E-state index in [4.69, 9.17) is 0 Å². The molecule has 2 aliphatic heterocycles. The molecule has 2 heterocycles. The second-order valence-corrected chi connectivity index (χ2v) is 10.5. The summed E-state index contributed by atoms with van der Waals surface area (Å²) in [6.07, 6.45) is 1.17. The van der Waals surface area contributed by atoms with Gasteiger partial charge in [0.25, 0.3) is 0 Å². The zero-order chi connectivity index (χ0) is 22.3. The van der Waals surface area contributed by atoms with Crippen molar-refractivity contribution >= 4 is 15.9 Å². The maximum absolute atomic E-state index is 13.7. The molecule has 2 aliphatic rings. The van der Waals surface area contributed by atoms with E-state index in [2.05, 4.69) is 6.07 Å². The molecule has 3 aromatic rings. The van der Waals surface area contributed by atoms with Crippen LogP contribution in [0.25, 0.3) is 0 Å². The molecule has 0 N–H and O–H groups in total. The molecule has 1 atom stereocenters. The van der Waals surface area contributed by atoms with Crippen molar-refractivity contribution in [2.45, 2.75) is 43.8 Å². The molecule has 0 spiro atoms. The van der Waals surface area contributed by atoms with E-state index in [-0.39, 0.29) is 17.3 Å². The van der Waals surface area contributed by atoms with E-state index < -0.39 is 16.1 Å². The fourth-order valence-electron chi connectivity index (χ4n) is 4.70. The van der Waals surface area contributed by atoms with Gasteiger partial charge in [0, 0.05) is 19.6 Å². The van der Waals surface area contributed by atoms with Gasteiger partial charge in [0.05, 0.1) is 4.90 Å². The lowest BCUT2D eigenvalue weighted by molar-refractivity contribution is -0.136. The van der Waals surface area contributed by atoms with Crippen LogP contribution in [0.3, 0.4) is 0 Å². The quantitative estimate of drug-likeness (QED) is 0.617. The molecule has 0 saturated heterocycles. The highest BCUT2D eigenvalue weighted by Crippen LogP contribution is 2.31. The van der Waals surface area contributed by atoms with E-state index in [1.54, 1.807) is 24.3 Å². The summed E-state index contributed by atoms with van der Waals surface area (Å²) in [5.74, 6) is -0.121. The lowest BCUT2D eigenvalue weighted by Gasteiger charge is -2.39. The molecule has 0 fully saturated rings. The number of rotatable bonds is 3. The smallest absolute Gasteiger partial charge is 0.244 e. The zero-order valence-electron chi connectivity index (χ0n) is 18.1. The molecule has 5 rings (SSSR count). The Hall–Kier alpha value is -2.96. The Balaban J connectivity index is 1.51. The highest BCUT2D eigenvalue weighted by molar-refractivity contribution is 7.89. The van der Waals surface area contributed by atoms with Gasteiger partial charge in [-0.3, -0.25) is 4.79 Å². The number of hydrogen-bond acceptors (Lipinski definition) is 3. The summed E-state index contributed by atoms with van der Waals surface area (Å²) in [5.41, 5.74) is 5.38. The Labute approximate surface area is 189 Å². The van der Waals surface area contributed by atoms with Gasteiger partial charge in [-0.2, -0.15) is 4.31 Å². The summed E-state index contributed by atoms with van der Waals surface area (Å²) in [7, 11) is -3.83. The van der Waals surface area contributed by atoms with Gasteiger partial charge in [-0.25, -0.2) is 8.42 Å². The number of amides is 1. The van der Waals surface area contributed by atoms with Crippen LogP contribution in [0, 0.1) is 6.92 Å². The Bertz CT molecular complexity index is 1270. The summed E-state index contributed by atoms with van der Waals surface area (Å²) >= 11 is 0. The van der Waals surface area contributed by atoms with Gasteiger partial charge < -0.3 is 4.90 Å². The fraction of sp³-hybridized carbons (Fsp3) is 0.269. The van der Waals surface area contributed by atoms with Crippen LogP contribution in [0.5, 0.6) is 0 Å². The van der Waals surface area contributed by atoms with Crippen molar-refractivity contribution in [3.8, 4) is 0 Å². The zero-order valence-corrected chi connectivity index (χ0v) is 18.9. The predicted molar refractivity (Wildman–Crippen MR) is 123 cm³/mol. The van der Waals surface area contributed by atoms with Gasteiger partial charge >= 0.3 is 0 Å². The number of sulfonamides is 1. The Morgan fingerprint density at radius 3 is 2.09 bits per heavy atom. The van der Waals surface area contributed by atoms with Crippen LogP contribution in [-0.4, -0.2) is 36.1 Å². The first kappa shape index (κ1) is 20.9. The van der Waals surface area contributed by atoms with Crippen molar-refractivity contribution in [3.05, 3.63) is 101 Å². The number of aryl methyl sites for hydroxylation is 1. The van der Waals surface area contributed by atoms with E-state index in [0.717, 1.165) is 28.7 Å².